The molecule has 1 heterocycles. The Morgan fingerprint density at radius 2 is 2.08 bits per heavy atom. The van der Waals surface area contributed by atoms with Crippen molar-refractivity contribution in [3.8, 4) is 5.75 Å². The Balaban J connectivity index is 1.68. The Kier molecular flexibility index (Phi) is 4.87. The van der Waals surface area contributed by atoms with Gasteiger partial charge in [-0.25, -0.2) is 0 Å². The summed E-state index contributed by atoms with van der Waals surface area (Å²) >= 11 is 7.22. The molecule has 1 amide bonds. The lowest BCUT2D eigenvalue weighted by molar-refractivity contribution is -0.116. The van der Waals surface area contributed by atoms with Crippen molar-refractivity contribution in [3.05, 3.63) is 57.2 Å². The molecule has 0 spiro atoms. The van der Waals surface area contributed by atoms with Gasteiger partial charge in [-0.2, -0.15) is 0 Å². The number of fused-ring (bicyclic) bond motifs is 1. The van der Waals surface area contributed by atoms with Gasteiger partial charge in [0.1, 0.15) is 5.75 Å². The van der Waals surface area contributed by atoms with Crippen LogP contribution in [0.1, 0.15) is 6.42 Å². The van der Waals surface area contributed by atoms with Crippen LogP contribution in [-0.2, 0) is 11.3 Å². The predicted molar refractivity (Wildman–Crippen MR) is 97.3 cm³/mol. The summed E-state index contributed by atoms with van der Waals surface area (Å²) in [5.74, 6) is 0.365. The van der Waals surface area contributed by atoms with Gasteiger partial charge in [-0.05, 0) is 30.3 Å². The van der Waals surface area contributed by atoms with E-state index in [1.54, 1.807) is 22.8 Å². The highest BCUT2D eigenvalue weighted by Gasteiger charge is 2.10. The van der Waals surface area contributed by atoms with Crippen LogP contribution in [0.5, 0.6) is 5.75 Å². The van der Waals surface area contributed by atoms with Gasteiger partial charge in [-0.15, -0.1) is 0 Å². The number of carbonyl (C=O) groups is 1. The Labute approximate surface area is 147 Å². The minimum absolute atomic E-state index is 0.0588. The number of halogens is 1. The molecule has 0 fully saturated rings. The lowest BCUT2D eigenvalue weighted by Gasteiger charge is -2.08. The number of ether oxygens (including phenoxy) is 1. The maximum absolute atomic E-state index is 12.1. The molecule has 2 aromatic carbocycles. The minimum Gasteiger partial charge on any atom is -0.495 e. The number of aryl methyl sites for hydroxylation is 1. The zero-order chi connectivity index (χ0) is 17.1. The van der Waals surface area contributed by atoms with Crippen molar-refractivity contribution in [2.24, 2.45) is 0 Å². The Morgan fingerprint density at radius 3 is 2.83 bits per heavy atom. The first-order valence-electron chi connectivity index (χ1n) is 7.30. The van der Waals surface area contributed by atoms with Gasteiger partial charge in [0, 0.05) is 18.7 Å². The summed E-state index contributed by atoms with van der Waals surface area (Å²) in [5, 5.41) is 3.20. The Hall–Kier alpha value is -2.31. The number of hydrogen-bond acceptors (Lipinski definition) is 4. The second-order valence-electron chi connectivity index (χ2n) is 5.13. The molecular formula is C17H15ClN2O3S. The summed E-state index contributed by atoms with van der Waals surface area (Å²) < 4.78 is 7.62. The number of nitrogens with one attached hydrogen (secondary N) is 1. The number of para-hydroxylation sites is 1. The van der Waals surface area contributed by atoms with Crippen molar-refractivity contribution in [2.75, 3.05) is 12.4 Å². The summed E-state index contributed by atoms with van der Waals surface area (Å²) in [6, 6.07) is 12.6. The standard InChI is InChI=1S/C17H15ClN2O3S/c1-23-14-7-6-11(10-12(14)18)19-16(21)8-9-20-13-4-2-3-5-15(13)24-17(20)22/h2-7,10H,8-9H2,1H3,(H,19,21). The average Bonchev–Trinajstić information content (AvgIpc) is 2.88. The molecule has 7 heteroatoms. The summed E-state index contributed by atoms with van der Waals surface area (Å²) in [5.41, 5.74) is 1.45. The van der Waals surface area contributed by atoms with Gasteiger partial charge in [0.25, 0.3) is 0 Å². The van der Waals surface area contributed by atoms with Crippen LogP contribution in [0.3, 0.4) is 0 Å². The second-order valence-corrected chi connectivity index (χ2v) is 6.54. The summed E-state index contributed by atoms with van der Waals surface area (Å²) in [4.78, 5) is 24.1. The summed E-state index contributed by atoms with van der Waals surface area (Å²) in [6.07, 6.45) is 0.199. The first-order chi connectivity index (χ1) is 11.6. The second kappa shape index (κ2) is 7.07. The number of methoxy groups -OCH3 is 1. The molecule has 1 aromatic heterocycles. The first kappa shape index (κ1) is 16.5. The zero-order valence-electron chi connectivity index (χ0n) is 12.9. The van der Waals surface area contributed by atoms with E-state index in [1.807, 2.05) is 24.3 Å². The van der Waals surface area contributed by atoms with Crippen molar-refractivity contribution in [2.45, 2.75) is 13.0 Å². The molecular weight excluding hydrogens is 348 g/mol. The van der Waals surface area contributed by atoms with Gasteiger partial charge in [0.2, 0.25) is 5.91 Å². The number of carbonyl (C=O) groups excluding carboxylic acids is 1. The van der Waals surface area contributed by atoms with Gasteiger partial charge in [0.15, 0.2) is 0 Å². The maximum Gasteiger partial charge on any atom is 0.308 e. The van der Waals surface area contributed by atoms with Crippen molar-refractivity contribution in [3.63, 3.8) is 0 Å². The van der Waals surface area contributed by atoms with Gasteiger partial charge in [0.05, 0.1) is 22.3 Å². The van der Waals surface area contributed by atoms with Crippen LogP contribution < -0.4 is 14.9 Å². The fourth-order valence-electron chi connectivity index (χ4n) is 2.41. The van der Waals surface area contributed by atoms with Crippen LogP contribution in [0.4, 0.5) is 5.69 Å². The number of anilines is 1. The number of hydrogen-bond donors (Lipinski definition) is 1. The third-order valence-corrected chi connectivity index (χ3v) is 4.83. The number of thiazole rings is 1. The van der Waals surface area contributed by atoms with Crippen molar-refractivity contribution in [1.29, 1.82) is 0 Å². The van der Waals surface area contributed by atoms with Crippen LogP contribution in [0, 0.1) is 0 Å². The topological polar surface area (TPSA) is 60.3 Å². The molecule has 1 N–H and O–H groups in total. The molecule has 0 atom stereocenters. The van der Waals surface area contributed by atoms with E-state index in [0.717, 1.165) is 10.2 Å². The number of amides is 1. The number of benzene rings is 2. The monoisotopic (exact) mass is 362 g/mol. The Morgan fingerprint density at radius 1 is 1.29 bits per heavy atom. The molecule has 0 saturated carbocycles. The lowest BCUT2D eigenvalue weighted by Crippen LogP contribution is -2.19. The largest absolute Gasteiger partial charge is 0.495 e. The SMILES string of the molecule is COc1ccc(NC(=O)CCn2c(=O)sc3ccccc32)cc1Cl. The van der Waals surface area contributed by atoms with Crippen LogP contribution >= 0.6 is 22.9 Å². The smallest absolute Gasteiger partial charge is 0.308 e. The highest BCUT2D eigenvalue weighted by Crippen LogP contribution is 2.27. The van der Waals surface area contributed by atoms with E-state index in [0.29, 0.717) is 23.0 Å². The van der Waals surface area contributed by atoms with E-state index in [2.05, 4.69) is 5.32 Å². The quantitative estimate of drug-likeness (QED) is 0.751. The molecule has 0 unspecified atom stereocenters. The van der Waals surface area contributed by atoms with Crippen LogP contribution in [-0.4, -0.2) is 17.6 Å². The molecule has 0 aliphatic carbocycles. The van der Waals surface area contributed by atoms with Crippen LogP contribution in [0.15, 0.2) is 47.3 Å². The average molecular weight is 363 g/mol. The zero-order valence-corrected chi connectivity index (χ0v) is 14.5. The maximum atomic E-state index is 12.1. The summed E-state index contributed by atoms with van der Waals surface area (Å²) in [7, 11) is 1.53. The number of nitrogens with zero attached hydrogens (tertiary/aromatic N) is 1. The van der Waals surface area contributed by atoms with E-state index in [4.69, 9.17) is 16.3 Å². The van der Waals surface area contributed by atoms with Gasteiger partial charge >= 0.3 is 4.87 Å². The molecule has 124 valence electrons. The predicted octanol–water partition coefficient (Wildman–Crippen LogP) is 3.75. The van der Waals surface area contributed by atoms with Gasteiger partial charge < -0.3 is 10.1 Å². The minimum atomic E-state index is -0.182. The molecule has 24 heavy (non-hydrogen) atoms. The highest BCUT2D eigenvalue weighted by molar-refractivity contribution is 7.16. The van der Waals surface area contributed by atoms with E-state index >= 15 is 0 Å². The number of aromatic nitrogens is 1. The molecule has 0 radical (unpaired) electrons. The van der Waals surface area contributed by atoms with Crippen LogP contribution in [0.25, 0.3) is 10.2 Å². The van der Waals surface area contributed by atoms with Crippen molar-refractivity contribution >= 4 is 44.7 Å². The molecule has 0 bridgehead atoms. The van der Waals surface area contributed by atoms with Crippen molar-refractivity contribution in [1.82, 2.24) is 4.57 Å². The van der Waals surface area contributed by atoms with E-state index in [-0.39, 0.29) is 17.2 Å². The van der Waals surface area contributed by atoms with E-state index in [9.17, 15) is 9.59 Å². The number of rotatable bonds is 5. The van der Waals surface area contributed by atoms with Crippen LogP contribution in [0.2, 0.25) is 5.02 Å². The first-order valence-corrected chi connectivity index (χ1v) is 8.49. The van der Waals surface area contributed by atoms with E-state index < -0.39 is 0 Å². The molecule has 0 saturated heterocycles. The molecule has 5 nitrogen and oxygen atoms in total. The normalized spacial score (nSPS) is 10.8. The third kappa shape index (κ3) is 3.44. The van der Waals surface area contributed by atoms with Crippen molar-refractivity contribution < 1.29 is 9.53 Å². The third-order valence-electron chi connectivity index (χ3n) is 3.57. The fourth-order valence-corrected chi connectivity index (χ4v) is 3.58. The molecule has 3 rings (SSSR count). The van der Waals surface area contributed by atoms with Gasteiger partial charge in [-0.1, -0.05) is 35.1 Å². The fraction of sp³-hybridized carbons (Fsp3) is 0.176. The molecule has 0 aliphatic heterocycles. The molecule has 3 aromatic rings. The summed E-state index contributed by atoms with van der Waals surface area (Å²) in [6.45, 7) is 0.332. The lowest BCUT2D eigenvalue weighted by atomic mass is 10.3. The van der Waals surface area contributed by atoms with E-state index in [1.165, 1.54) is 18.4 Å². The Bertz CT molecular complexity index is 948. The van der Waals surface area contributed by atoms with Gasteiger partial charge in [-0.3, -0.25) is 14.2 Å². The highest BCUT2D eigenvalue weighted by atomic mass is 35.5. The molecule has 0 aliphatic rings.